The van der Waals surface area contributed by atoms with Crippen LogP contribution in [0.25, 0.3) is 6.08 Å². The number of benzene rings is 2. The number of carbonyl (C=O) groups is 2. The number of aromatic nitrogens is 1. The minimum atomic E-state index is -4.34. The van der Waals surface area contributed by atoms with Gasteiger partial charge in [-0.05, 0) is 60.0 Å². The van der Waals surface area contributed by atoms with Crippen LogP contribution in [0.1, 0.15) is 32.6 Å². The second kappa shape index (κ2) is 13.6. The number of carbonyl (C=O) groups excluding carboxylic acids is 2. The van der Waals surface area contributed by atoms with Gasteiger partial charge in [0.1, 0.15) is 5.75 Å². The Morgan fingerprint density at radius 1 is 1.15 bits per heavy atom. The minimum Gasteiger partial charge on any atom is -0.497 e. The first-order chi connectivity index (χ1) is 19.6. The largest absolute Gasteiger partial charge is 0.497 e. The molecule has 2 amide bonds. The van der Waals surface area contributed by atoms with Crippen molar-refractivity contribution in [3.8, 4) is 5.75 Å². The van der Waals surface area contributed by atoms with Crippen LogP contribution in [0.5, 0.6) is 5.75 Å². The molecule has 2 aromatic carbocycles. The van der Waals surface area contributed by atoms with Crippen LogP contribution in [0.4, 0.5) is 5.69 Å². The van der Waals surface area contributed by atoms with E-state index in [1.807, 2.05) is 0 Å². The molecule has 0 radical (unpaired) electrons. The Balaban J connectivity index is 2.36. The average Bonchev–Trinajstić information content (AvgIpc) is 2.98. The maximum atomic E-state index is 14.0. The number of anilines is 1. The molecule has 0 fully saturated rings. The first-order valence-electron chi connectivity index (χ1n) is 12.5. The minimum absolute atomic E-state index is 0.0170. The van der Waals surface area contributed by atoms with E-state index in [9.17, 15) is 23.2 Å². The Kier molecular flexibility index (Phi) is 10.2. The summed E-state index contributed by atoms with van der Waals surface area (Å²) >= 11 is 0. The second-order valence-corrected chi connectivity index (χ2v) is 10.8. The van der Waals surface area contributed by atoms with Gasteiger partial charge in [-0.2, -0.15) is 0 Å². The number of nitrogens with one attached hydrogen (secondary N) is 1. The molecule has 0 spiro atoms. The third-order valence-electron chi connectivity index (χ3n) is 6.36. The van der Waals surface area contributed by atoms with Gasteiger partial charge in [0.15, 0.2) is 0 Å². The molecule has 0 aliphatic heterocycles. The summed E-state index contributed by atoms with van der Waals surface area (Å²) in [6.45, 7) is 9.34. The highest BCUT2D eigenvalue weighted by Crippen LogP contribution is 2.38. The molecule has 214 valence electrons. The van der Waals surface area contributed by atoms with Crippen molar-refractivity contribution in [2.75, 3.05) is 25.9 Å². The summed E-state index contributed by atoms with van der Waals surface area (Å²) in [5.74, 6) is -0.991. The number of ether oxygens (including phenoxy) is 1. The van der Waals surface area contributed by atoms with E-state index < -0.39 is 15.7 Å². The molecular weight excluding hydrogens is 544 g/mol. The summed E-state index contributed by atoms with van der Waals surface area (Å²) < 4.78 is 33.1. The van der Waals surface area contributed by atoms with Gasteiger partial charge in [0.05, 0.1) is 22.5 Å². The quantitative estimate of drug-likeness (QED) is 0.0970. The summed E-state index contributed by atoms with van der Waals surface area (Å²) in [7, 11) is -2.89. The molecule has 1 aromatic heterocycles. The number of pyridine rings is 1. The molecule has 3 rings (SSSR count). The van der Waals surface area contributed by atoms with Gasteiger partial charge in [0.25, 0.3) is 5.91 Å². The molecule has 10 nitrogen and oxygen atoms in total. The number of rotatable bonds is 12. The molecule has 0 unspecified atom stereocenters. The SMILES string of the molecule is C=CCN(CC=C)C(=O)C=Cc1c(N)c(C)c(S(=O)(=O)c2ccc(OC)cc2)c(C(=O)NO)c1Cc1cccnc1. The number of hydrogen-bond donors (Lipinski definition) is 3. The van der Waals surface area contributed by atoms with E-state index in [-0.39, 0.29) is 63.1 Å². The molecule has 0 aliphatic rings. The number of nitrogens with two attached hydrogens (primary N) is 1. The third-order valence-corrected chi connectivity index (χ3v) is 8.30. The lowest BCUT2D eigenvalue weighted by atomic mass is 9.90. The highest BCUT2D eigenvalue weighted by atomic mass is 32.2. The van der Waals surface area contributed by atoms with Crippen molar-refractivity contribution in [3.63, 3.8) is 0 Å². The van der Waals surface area contributed by atoms with Gasteiger partial charge < -0.3 is 15.4 Å². The van der Waals surface area contributed by atoms with E-state index in [4.69, 9.17) is 10.5 Å². The maximum absolute atomic E-state index is 14.0. The highest BCUT2D eigenvalue weighted by Gasteiger charge is 2.32. The number of amides is 2. The van der Waals surface area contributed by atoms with Gasteiger partial charge in [0, 0.05) is 49.2 Å². The number of sulfone groups is 1. The van der Waals surface area contributed by atoms with Crippen molar-refractivity contribution in [3.05, 3.63) is 108 Å². The van der Waals surface area contributed by atoms with Gasteiger partial charge in [-0.3, -0.25) is 19.8 Å². The normalized spacial score (nSPS) is 11.2. The van der Waals surface area contributed by atoms with Crippen LogP contribution in [0.2, 0.25) is 0 Å². The second-order valence-electron chi connectivity index (χ2n) is 8.95. The van der Waals surface area contributed by atoms with E-state index in [0.29, 0.717) is 11.3 Å². The maximum Gasteiger partial charge on any atom is 0.276 e. The lowest BCUT2D eigenvalue weighted by molar-refractivity contribution is -0.125. The standard InChI is InChI=1S/C30H32N4O6S/c1-5-16-34(17-6-2)26(35)14-13-24-25(18-21-8-7-15-32-19-21)27(30(36)33-37)29(20(3)28(24)31)41(38,39)23-11-9-22(40-4)10-12-23/h5-15,19,37H,1-2,16-18,31H2,3-4H3,(H,33,36). The van der Waals surface area contributed by atoms with Crippen LogP contribution < -0.4 is 16.0 Å². The van der Waals surface area contributed by atoms with Crippen LogP contribution >= 0.6 is 0 Å². The molecule has 0 atom stereocenters. The summed E-state index contributed by atoms with van der Waals surface area (Å²) in [6.07, 6.45) is 9.01. The molecule has 3 aromatic rings. The molecule has 41 heavy (non-hydrogen) atoms. The molecule has 1 heterocycles. The Bertz CT molecular complexity index is 1570. The smallest absolute Gasteiger partial charge is 0.276 e. The molecule has 0 bridgehead atoms. The van der Waals surface area contributed by atoms with Crippen LogP contribution in [-0.4, -0.2) is 55.5 Å². The fourth-order valence-electron chi connectivity index (χ4n) is 4.36. The third kappa shape index (κ3) is 6.71. The van der Waals surface area contributed by atoms with Crippen molar-refractivity contribution in [2.45, 2.75) is 23.1 Å². The van der Waals surface area contributed by atoms with E-state index >= 15 is 0 Å². The number of hydrogen-bond acceptors (Lipinski definition) is 8. The van der Waals surface area contributed by atoms with Crippen LogP contribution in [-0.2, 0) is 21.1 Å². The predicted molar refractivity (Wildman–Crippen MR) is 156 cm³/mol. The predicted octanol–water partition coefficient (Wildman–Crippen LogP) is 3.74. The van der Waals surface area contributed by atoms with Gasteiger partial charge in [-0.1, -0.05) is 18.2 Å². The van der Waals surface area contributed by atoms with Gasteiger partial charge in [-0.25, -0.2) is 13.9 Å². The summed E-state index contributed by atoms with van der Waals surface area (Å²) in [5.41, 5.74) is 9.02. The average molecular weight is 577 g/mol. The zero-order valence-electron chi connectivity index (χ0n) is 22.8. The molecule has 0 saturated carbocycles. The number of nitrogens with zero attached hydrogens (tertiary/aromatic N) is 2. The Hall–Kier alpha value is -4.74. The Morgan fingerprint density at radius 3 is 2.34 bits per heavy atom. The van der Waals surface area contributed by atoms with Crippen LogP contribution in [0, 0.1) is 6.92 Å². The summed E-state index contributed by atoms with van der Waals surface area (Å²) in [6, 6.07) is 9.10. The summed E-state index contributed by atoms with van der Waals surface area (Å²) in [5, 5.41) is 9.72. The van der Waals surface area contributed by atoms with Crippen molar-refractivity contribution in [1.82, 2.24) is 15.4 Å². The van der Waals surface area contributed by atoms with E-state index in [1.54, 1.807) is 42.2 Å². The van der Waals surface area contributed by atoms with Crippen molar-refractivity contribution >= 4 is 33.4 Å². The van der Waals surface area contributed by atoms with E-state index in [2.05, 4.69) is 18.1 Å². The monoisotopic (exact) mass is 576 g/mol. The van der Waals surface area contributed by atoms with Gasteiger partial charge in [-0.15, -0.1) is 13.2 Å². The Morgan fingerprint density at radius 2 is 1.80 bits per heavy atom. The zero-order valence-corrected chi connectivity index (χ0v) is 23.6. The van der Waals surface area contributed by atoms with Crippen LogP contribution in [0.15, 0.2) is 90.0 Å². The molecule has 0 aliphatic carbocycles. The number of nitrogen functional groups attached to an aromatic ring is 1. The number of hydroxylamine groups is 1. The van der Waals surface area contributed by atoms with Crippen molar-refractivity contribution in [2.24, 2.45) is 0 Å². The lowest BCUT2D eigenvalue weighted by Crippen LogP contribution is -2.29. The first-order valence-corrected chi connectivity index (χ1v) is 13.9. The fraction of sp³-hybridized carbons (Fsp3) is 0.167. The Labute approximate surface area is 239 Å². The first kappa shape index (κ1) is 30.8. The summed E-state index contributed by atoms with van der Waals surface area (Å²) in [4.78, 5) is 31.3. The highest BCUT2D eigenvalue weighted by molar-refractivity contribution is 7.91. The van der Waals surface area contributed by atoms with Crippen molar-refractivity contribution < 1.29 is 28.0 Å². The molecular formula is C30H32N4O6S. The van der Waals surface area contributed by atoms with Gasteiger partial charge >= 0.3 is 0 Å². The molecule has 0 saturated heterocycles. The molecule has 4 N–H and O–H groups in total. The number of methoxy groups -OCH3 is 1. The van der Waals surface area contributed by atoms with Crippen LogP contribution in [0.3, 0.4) is 0 Å². The van der Waals surface area contributed by atoms with E-state index in [0.717, 1.165) is 0 Å². The fourth-order valence-corrected chi connectivity index (χ4v) is 6.09. The van der Waals surface area contributed by atoms with E-state index in [1.165, 1.54) is 55.4 Å². The van der Waals surface area contributed by atoms with Crippen molar-refractivity contribution in [1.29, 1.82) is 0 Å². The lowest BCUT2D eigenvalue weighted by Gasteiger charge is -2.22. The molecule has 11 heteroatoms. The van der Waals surface area contributed by atoms with Gasteiger partial charge in [0.2, 0.25) is 15.7 Å². The zero-order chi connectivity index (χ0) is 30.2. The topological polar surface area (TPSA) is 152 Å².